The number of carbonyl (C=O) groups excluding carboxylic acids is 1. The third-order valence-corrected chi connectivity index (χ3v) is 3.23. The summed E-state index contributed by atoms with van der Waals surface area (Å²) >= 11 is 0. The molecule has 0 aliphatic heterocycles. The van der Waals surface area contributed by atoms with Gasteiger partial charge in [0.25, 0.3) is 0 Å². The molecule has 1 heterocycles. The Bertz CT molecular complexity index is 421. The van der Waals surface area contributed by atoms with Crippen LogP contribution < -0.4 is 5.32 Å². The van der Waals surface area contributed by atoms with E-state index in [1.54, 1.807) is 25.8 Å². The molecular formula is C13H21N3O3. The van der Waals surface area contributed by atoms with Crippen LogP contribution in [0.2, 0.25) is 0 Å². The monoisotopic (exact) mass is 267 g/mol. The molecule has 1 aromatic rings. The van der Waals surface area contributed by atoms with E-state index in [2.05, 4.69) is 10.5 Å². The summed E-state index contributed by atoms with van der Waals surface area (Å²) < 4.78 is 10.5. The molecule has 6 nitrogen and oxygen atoms in total. The maximum atomic E-state index is 11.9. The van der Waals surface area contributed by atoms with E-state index in [-0.39, 0.29) is 6.03 Å². The Balaban J connectivity index is 1.72. The molecule has 0 spiro atoms. The summed E-state index contributed by atoms with van der Waals surface area (Å²) in [7, 11) is 1.74. The van der Waals surface area contributed by atoms with Crippen molar-refractivity contribution in [1.29, 1.82) is 0 Å². The van der Waals surface area contributed by atoms with E-state index in [9.17, 15) is 4.79 Å². The second-order valence-corrected chi connectivity index (χ2v) is 5.07. The van der Waals surface area contributed by atoms with Gasteiger partial charge in [-0.2, -0.15) is 0 Å². The lowest BCUT2D eigenvalue weighted by atomic mass is 10.3. The van der Waals surface area contributed by atoms with Gasteiger partial charge in [-0.25, -0.2) is 4.79 Å². The Kier molecular flexibility index (Phi) is 4.42. The highest BCUT2D eigenvalue weighted by Gasteiger charge is 2.21. The number of rotatable bonds is 6. The van der Waals surface area contributed by atoms with Crippen molar-refractivity contribution >= 4 is 11.7 Å². The normalized spacial score (nSPS) is 14.5. The van der Waals surface area contributed by atoms with Crippen molar-refractivity contribution in [1.82, 2.24) is 10.1 Å². The Morgan fingerprint density at radius 1 is 1.53 bits per heavy atom. The van der Waals surface area contributed by atoms with Crippen LogP contribution in [-0.4, -0.2) is 42.9 Å². The number of nitrogens with zero attached hydrogens (tertiary/aromatic N) is 2. The van der Waals surface area contributed by atoms with Crippen molar-refractivity contribution in [2.24, 2.45) is 5.92 Å². The molecule has 0 saturated heterocycles. The second kappa shape index (κ2) is 6.06. The summed E-state index contributed by atoms with van der Waals surface area (Å²) in [5.41, 5.74) is 1.33. The number of carbonyl (C=O) groups is 1. The van der Waals surface area contributed by atoms with Crippen LogP contribution in [0.5, 0.6) is 0 Å². The standard InChI is InChI=1S/C13H21N3O3/c1-9-12(10(2)19-15-9)14-13(17)16(3)6-7-18-8-11-4-5-11/h11H,4-8H2,1-3H3,(H,14,17). The number of likely N-dealkylation sites (N-methyl/N-ethyl adjacent to an activating group) is 1. The van der Waals surface area contributed by atoms with Crippen molar-refractivity contribution in [3.63, 3.8) is 0 Å². The Hall–Kier alpha value is -1.56. The predicted molar refractivity (Wildman–Crippen MR) is 71.2 cm³/mol. The lowest BCUT2D eigenvalue weighted by molar-refractivity contribution is 0.109. The topological polar surface area (TPSA) is 67.6 Å². The summed E-state index contributed by atoms with van der Waals surface area (Å²) in [5, 5.41) is 6.59. The van der Waals surface area contributed by atoms with Crippen LogP contribution in [0, 0.1) is 19.8 Å². The van der Waals surface area contributed by atoms with Gasteiger partial charge >= 0.3 is 6.03 Å². The maximum absolute atomic E-state index is 11.9. The third kappa shape index (κ3) is 3.96. The number of nitrogens with one attached hydrogen (secondary N) is 1. The van der Waals surface area contributed by atoms with E-state index in [1.807, 2.05) is 0 Å². The van der Waals surface area contributed by atoms with Gasteiger partial charge in [-0.05, 0) is 32.6 Å². The van der Waals surface area contributed by atoms with Crippen molar-refractivity contribution < 1.29 is 14.1 Å². The molecule has 0 radical (unpaired) electrons. The average Bonchev–Trinajstić information content (AvgIpc) is 3.16. The number of ether oxygens (including phenoxy) is 1. The fraction of sp³-hybridized carbons (Fsp3) is 0.692. The minimum absolute atomic E-state index is 0.176. The zero-order chi connectivity index (χ0) is 13.8. The van der Waals surface area contributed by atoms with Crippen LogP contribution >= 0.6 is 0 Å². The predicted octanol–water partition coefficient (Wildman–Crippen LogP) is 2.18. The van der Waals surface area contributed by atoms with E-state index in [0.29, 0.717) is 30.3 Å². The number of amides is 2. The molecule has 0 bridgehead atoms. The number of hydrogen-bond donors (Lipinski definition) is 1. The molecule has 2 rings (SSSR count). The van der Waals surface area contributed by atoms with E-state index >= 15 is 0 Å². The number of anilines is 1. The molecule has 0 atom stereocenters. The van der Waals surface area contributed by atoms with Crippen molar-refractivity contribution in [3.8, 4) is 0 Å². The quantitative estimate of drug-likeness (QED) is 0.802. The molecule has 0 unspecified atom stereocenters. The molecule has 2 amide bonds. The second-order valence-electron chi connectivity index (χ2n) is 5.07. The first-order valence-corrected chi connectivity index (χ1v) is 6.60. The van der Waals surface area contributed by atoms with Gasteiger partial charge in [-0.15, -0.1) is 0 Å². The summed E-state index contributed by atoms with van der Waals surface area (Å²) in [4.78, 5) is 13.5. The molecule has 1 aliphatic carbocycles. The van der Waals surface area contributed by atoms with Crippen molar-refractivity contribution in [2.45, 2.75) is 26.7 Å². The third-order valence-electron chi connectivity index (χ3n) is 3.23. The maximum Gasteiger partial charge on any atom is 0.321 e. The minimum atomic E-state index is -0.176. The van der Waals surface area contributed by atoms with Gasteiger partial charge in [0.05, 0.1) is 6.61 Å². The first-order valence-electron chi connectivity index (χ1n) is 6.60. The lowest BCUT2D eigenvalue weighted by Crippen LogP contribution is -2.34. The minimum Gasteiger partial charge on any atom is -0.379 e. The van der Waals surface area contributed by atoms with E-state index in [4.69, 9.17) is 9.26 Å². The van der Waals surface area contributed by atoms with E-state index in [1.165, 1.54) is 12.8 Å². The first kappa shape index (κ1) is 13.9. The van der Waals surface area contributed by atoms with Gasteiger partial charge in [0.1, 0.15) is 11.4 Å². The molecule has 1 aromatic heterocycles. The summed E-state index contributed by atoms with van der Waals surface area (Å²) in [6.45, 7) is 5.53. The molecule has 1 aliphatic rings. The highest BCUT2D eigenvalue weighted by atomic mass is 16.5. The van der Waals surface area contributed by atoms with Crippen LogP contribution in [0.1, 0.15) is 24.3 Å². The Morgan fingerprint density at radius 2 is 2.26 bits per heavy atom. The number of urea groups is 1. The van der Waals surface area contributed by atoms with E-state index in [0.717, 1.165) is 12.5 Å². The molecule has 106 valence electrons. The molecule has 6 heteroatoms. The van der Waals surface area contributed by atoms with Gasteiger partial charge in [-0.3, -0.25) is 0 Å². The summed E-state index contributed by atoms with van der Waals surface area (Å²) in [6, 6.07) is -0.176. The number of hydrogen-bond acceptors (Lipinski definition) is 4. The van der Waals surface area contributed by atoms with Gasteiger partial charge in [0, 0.05) is 20.2 Å². The molecule has 1 N–H and O–H groups in total. The smallest absolute Gasteiger partial charge is 0.321 e. The molecule has 1 saturated carbocycles. The van der Waals surface area contributed by atoms with Crippen molar-refractivity contribution in [3.05, 3.63) is 11.5 Å². The largest absolute Gasteiger partial charge is 0.379 e. The first-order chi connectivity index (χ1) is 9.08. The van der Waals surface area contributed by atoms with Crippen LogP contribution in [0.15, 0.2) is 4.52 Å². The van der Waals surface area contributed by atoms with Crippen LogP contribution in [0.25, 0.3) is 0 Å². The van der Waals surface area contributed by atoms with Crippen LogP contribution in [0.3, 0.4) is 0 Å². The number of aryl methyl sites for hydroxylation is 2. The molecule has 19 heavy (non-hydrogen) atoms. The summed E-state index contributed by atoms with van der Waals surface area (Å²) in [6.07, 6.45) is 2.56. The van der Waals surface area contributed by atoms with Crippen molar-refractivity contribution in [2.75, 3.05) is 32.1 Å². The molecule has 0 aromatic carbocycles. The molecular weight excluding hydrogens is 246 g/mol. The Labute approximate surface area is 113 Å². The van der Waals surface area contributed by atoms with E-state index < -0.39 is 0 Å². The lowest BCUT2D eigenvalue weighted by Gasteiger charge is -2.17. The fourth-order valence-corrected chi connectivity index (χ4v) is 1.70. The highest BCUT2D eigenvalue weighted by molar-refractivity contribution is 5.90. The van der Waals surface area contributed by atoms with Gasteiger partial charge in [0.15, 0.2) is 5.76 Å². The summed E-state index contributed by atoms with van der Waals surface area (Å²) in [5.74, 6) is 1.37. The van der Waals surface area contributed by atoms with Crippen LogP contribution in [-0.2, 0) is 4.74 Å². The van der Waals surface area contributed by atoms with Gasteiger partial charge in [0.2, 0.25) is 0 Å². The van der Waals surface area contributed by atoms with Gasteiger partial charge < -0.3 is 19.5 Å². The highest BCUT2D eigenvalue weighted by Crippen LogP contribution is 2.28. The fourth-order valence-electron chi connectivity index (χ4n) is 1.70. The SMILES string of the molecule is Cc1noc(C)c1NC(=O)N(C)CCOCC1CC1. The van der Waals surface area contributed by atoms with Gasteiger partial charge in [-0.1, -0.05) is 5.16 Å². The molecule has 1 fully saturated rings. The number of aromatic nitrogens is 1. The zero-order valence-corrected chi connectivity index (χ0v) is 11.7. The Morgan fingerprint density at radius 3 is 2.84 bits per heavy atom. The van der Waals surface area contributed by atoms with Crippen LogP contribution in [0.4, 0.5) is 10.5 Å². The average molecular weight is 267 g/mol. The zero-order valence-electron chi connectivity index (χ0n) is 11.7.